The van der Waals surface area contributed by atoms with Crippen molar-refractivity contribution in [1.29, 1.82) is 0 Å². The van der Waals surface area contributed by atoms with Crippen molar-refractivity contribution in [3.63, 3.8) is 0 Å². The van der Waals surface area contributed by atoms with Crippen molar-refractivity contribution < 1.29 is 0 Å². The average molecular weight is 704 g/mol. The molecule has 0 amide bonds. The fourth-order valence-electron chi connectivity index (χ4n) is 9.18. The van der Waals surface area contributed by atoms with E-state index < -0.39 is 0 Å². The average Bonchev–Trinajstić information content (AvgIpc) is 3.76. The van der Waals surface area contributed by atoms with Gasteiger partial charge in [-0.15, -0.1) is 0 Å². The van der Waals surface area contributed by atoms with Crippen molar-refractivity contribution in [2.75, 3.05) is 0 Å². The lowest BCUT2D eigenvalue weighted by Gasteiger charge is -2.16. The highest BCUT2D eigenvalue weighted by Crippen LogP contribution is 2.40. The van der Waals surface area contributed by atoms with Gasteiger partial charge in [-0.25, -0.2) is 4.40 Å². The highest BCUT2D eigenvalue weighted by molar-refractivity contribution is 6.20. The molecule has 0 aliphatic carbocycles. The van der Waals surface area contributed by atoms with E-state index in [0.717, 1.165) is 65.9 Å². The summed E-state index contributed by atoms with van der Waals surface area (Å²) in [5.74, 6) is 0. The molecule has 0 spiro atoms. The molecule has 55 heavy (non-hydrogen) atoms. The van der Waals surface area contributed by atoms with Gasteiger partial charge in [0.25, 0.3) is 11.1 Å². The summed E-state index contributed by atoms with van der Waals surface area (Å²) in [6.07, 6.45) is 0. The SMILES string of the molecule is O=c1c2ccccc2c2cc(-n3c4ccccc4c4cc(-c5ccc6c(c5)c5ccccc5n6-c5ccccc5)ccc43)cc3c4ccccc4c(=O)n1c23. The standard InChI is InChI=1S/C50H29N3O2/c54-49-38-18-6-4-14-34(38)42-28-33(29-43-35-15-5-7-19-39(35)50(55)53(49)48(42)43)52-45-21-11-9-17-37(45)41-27-31(23-25-47(41)52)30-22-24-46-40(26-30)36-16-8-10-20-44(36)51(46)32-12-2-1-3-13-32/h1-29H. The van der Waals surface area contributed by atoms with Crippen molar-refractivity contribution >= 4 is 81.4 Å². The highest BCUT2D eigenvalue weighted by Gasteiger charge is 2.21. The Labute approximate surface area is 313 Å². The molecular formula is C50H29N3O2. The number of fused-ring (bicyclic) bond motifs is 10. The summed E-state index contributed by atoms with van der Waals surface area (Å²) < 4.78 is 6.05. The van der Waals surface area contributed by atoms with Crippen molar-refractivity contribution in [3.05, 3.63) is 197 Å². The Kier molecular flexibility index (Phi) is 6.01. The van der Waals surface area contributed by atoms with Crippen molar-refractivity contribution in [1.82, 2.24) is 13.5 Å². The maximum atomic E-state index is 13.9. The van der Waals surface area contributed by atoms with E-state index in [1.165, 1.54) is 26.2 Å². The van der Waals surface area contributed by atoms with Crippen molar-refractivity contribution in [2.45, 2.75) is 0 Å². The molecule has 0 N–H and O–H groups in total. The third-order valence-electron chi connectivity index (χ3n) is 11.6. The summed E-state index contributed by atoms with van der Waals surface area (Å²) in [5.41, 5.74) is 9.02. The molecule has 0 atom stereocenters. The monoisotopic (exact) mass is 703 g/mol. The quantitative estimate of drug-likeness (QED) is 0.136. The molecule has 5 heteroatoms. The van der Waals surface area contributed by atoms with Crippen molar-refractivity contribution in [2.24, 2.45) is 0 Å². The van der Waals surface area contributed by atoms with Crippen LogP contribution in [0.4, 0.5) is 0 Å². The molecule has 0 saturated heterocycles. The smallest absolute Gasteiger partial charge is 0.266 e. The van der Waals surface area contributed by atoms with Crippen LogP contribution >= 0.6 is 0 Å². The third-order valence-corrected chi connectivity index (χ3v) is 11.6. The van der Waals surface area contributed by atoms with E-state index >= 15 is 0 Å². The summed E-state index contributed by atoms with van der Waals surface area (Å²) in [4.78, 5) is 27.9. The summed E-state index contributed by atoms with van der Waals surface area (Å²) in [6.45, 7) is 0. The van der Waals surface area contributed by atoms with Gasteiger partial charge in [-0.2, -0.15) is 0 Å². The molecule has 0 bridgehead atoms. The number of aromatic nitrogens is 3. The van der Waals surface area contributed by atoms with Crippen LogP contribution in [-0.4, -0.2) is 13.5 Å². The second kappa shape index (κ2) is 11.0. The Morgan fingerprint density at radius 1 is 0.291 bits per heavy atom. The van der Waals surface area contributed by atoms with Crippen LogP contribution in [0, 0.1) is 0 Å². The first-order valence-corrected chi connectivity index (χ1v) is 18.5. The molecule has 4 heterocycles. The minimum absolute atomic E-state index is 0.288. The molecular weight excluding hydrogens is 675 g/mol. The number of rotatable bonds is 3. The summed E-state index contributed by atoms with van der Waals surface area (Å²) >= 11 is 0. The molecule has 8 aromatic carbocycles. The molecule has 0 aliphatic rings. The first-order valence-electron chi connectivity index (χ1n) is 18.5. The van der Waals surface area contributed by atoms with Gasteiger partial charge >= 0.3 is 0 Å². The number of pyridine rings is 2. The highest BCUT2D eigenvalue weighted by atomic mass is 16.2. The van der Waals surface area contributed by atoms with Gasteiger partial charge in [-0.05, 0) is 94.7 Å². The number of hydrogen-bond acceptors (Lipinski definition) is 2. The third kappa shape index (κ3) is 4.07. The van der Waals surface area contributed by atoms with E-state index in [1.807, 2.05) is 48.5 Å². The zero-order valence-electron chi connectivity index (χ0n) is 29.4. The number of benzene rings is 8. The molecule has 4 aromatic heterocycles. The van der Waals surface area contributed by atoms with E-state index in [4.69, 9.17) is 0 Å². The summed E-state index contributed by atoms with van der Waals surface area (Å²) in [5, 5.41) is 9.22. The first kappa shape index (κ1) is 30.0. The van der Waals surface area contributed by atoms with Gasteiger partial charge < -0.3 is 9.13 Å². The zero-order valence-corrected chi connectivity index (χ0v) is 29.4. The van der Waals surface area contributed by atoms with Gasteiger partial charge in [-0.3, -0.25) is 9.59 Å². The maximum absolute atomic E-state index is 13.9. The van der Waals surface area contributed by atoms with Crippen LogP contribution in [0.5, 0.6) is 0 Å². The van der Waals surface area contributed by atoms with Gasteiger partial charge in [0.1, 0.15) is 0 Å². The molecule has 0 aliphatic heterocycles. The second-order valence-electron chi connectivity index (χ2n) is 14.4. The van der Waals surface area contributed by atoms with Gasteiger partial charge in [0.15, 0.2) is 0 Å². The first-order chi connectivity index (χ1) is 27.1. The Morgan fingerprint density at radius 3 is 1.20 bits per heavy atom. The molecule has 0 unspecified atom stereocenters. The fraction of sp³-hybridized carbons (Fsp3) is 0. The van der Waals surface area contributed by atoms with E-state index in [9.17, 15) is 9.59 Å². The Bertz CT molecular complexity index is 3600. The zero-order chi connectivity index (χ0) is 36.4. The maximum Gasteiger partial charge on any atom is 0.266 e. The Morgan fingerprint density at radius 2 is 0.691 bits per heavy atom. The molecule has 256 valence electrons. The number of nitrogens with zero attached hydrogens (tertiary/aromatic N) is 3. The topological polar surface area (TPSA) is 48.4 Å². The van der Waals surface area contributed by atoms with Gasteiger partial charge in [0, 0.05) is 54.5 Å². The second-order valence-corrected chi connectivity index (χ2v) is 14.4. The van der Waals surface area contributed by atoms with Crippen LogP contribution < -0.4 is 11.1 Å². The molecule has 0 radical (unpaired) electrons. The number of hydrogen-bond donors (Lipinski definition) is 0. The van der Waals surface area contributed by atoms with E-state index in [1.54, 1.807) is 0 Å². The molecule has 0 saturated carbocycles. The minimum Gasteiger partial charge on any atom is -0.309 e. The van der Waals surface area contributed by atoms with Crippen molar-refractivity contribution in [3.8, 4) is 22.5 Å². The van der Waals surface area contributed by atoms with Crippen LogP contribution in [0.1, 0.15) is 0 Å². The fourth-order valence-corrected chi connectivity index (χ4v) is 9.18. The summed E-state index contributed by atoms with van der Waals surface area (Å²) in [7, 11) is 0. The minimum atomic E-state index is -0.288. The normalized spacial score (nSPS) is 12.1. The van der Waals surface area contributed by atoms with Gasteiger partial charge in [0.05, 0.1) is 27.6 Å². The molecule has 12 rings (SSSR count). The van der Waals surface area contributed by atoms with Crippen LogP contribution in [0.3, 0.4) is 0 Å². The van der Waals surface area contributed by atoms with Crippen LogP contribution in [0.15, 0.2) is 186 Å². The van der Waals surface area contributed by atoms with Gasteiger partial charge in [-0.1, -0.05) is 103 Å². The molecule has 0 fully saturated rings. The predicted octanol–water partition coefficient (Wildman–Crippen LogP) is 11.4. The molecule has 12 aromatic rings. The Hall–Kier alpha value is -7.50. The largest absolute Gasteiger partial charge is 0.309 e. The van der Waals surface area contributed by atoms with Crippen LogP contribution in [0.2, 0.25) is 0 Å². The van der Waals surface area contributed by atoms with E-state index in [0.29, 0.717) is 16.3 Å². The van der Waals surface area contributed by atoms with E-state index in [-0.39, 0.29) is 11.1 Å². The molecule has 5 nitrogen and oxygen atoms in total. The van der Waals surface area contributed by atoms with Crippen LogP contribution in [-0.2, 0) is 0 Å². The summed E-state index contributed by atoms with van der Waals surface area (Å²) in [6, 6.07) is 60.9. The lowest BCUT2D eigenvalue weighted by atomic mass is 9.98. The van der Waals surface area contributed by atoms with Crippen LogP contribution in [0.25, 0.3) is 104 Å². The predicted molar refractivity (Wildman–Crippen MR) is 228 cm³/mol. The lowest BCUT2D eigenvalue weighted by molar-refractivity contribution is 1.09. The van der Waals surface area contributed by atoms with E-state index in [2.05, 4.69) is 137 Å². The lowest BCUT2D eigenvalue weighted by Crippen LogP contribution is -2.27. The Balaban J connectivity index is 1.13. The van der Waals surface area contributed by atoms with Gasteiger partial charge in [0.2, 0.25) is 0 Å². The number of para-hydroxylation sites is 3.